The zero-order chi connectivity index (χ0) is 16.0. The Labute approximate surface area is 123 Å². The molecule has 0 amide bonds. The molecule has 2 heterocycles. The van der Waals surface area contributed by atoms with Crippen molar-refractivity contribution in [3.05, 3.63) is 21.9 Å². The van der Waals surface area contributed by atoms with Crippen LogP contribution >= 0.6 is 0 Å². The van der Waals surface area contributed by atoms with Crippen molar-refractivity contribution >= 4 is 18.3 Å². The van der Waals surface area contributed by atoms with E-state index in [2.05, 4.69) is 4.98 Å². The lowest BCUT2D eigenvalue weighted by atomic mass is 9.77. The van der Waals surface area contributed by atoms with Gasteiger partial charge in [-0.1, -0.05) is 0 Å². The van der Waals surface area contributed by atoms with Gasteiger partial charge >= 0.3 is 12.8 Å². The smallest absolute Gasteiger partial charge is 0.476 e. The first-order valence-electron chi connectivity index (χ1n) is 6.64. The van der Waals surface area contributed by atoms with Crippen molar-refractivity contribution in [3.63, 3.8) is 0 Å². The summed E-state index contributed by atoms with van der Waals surface area (Å²) in [5, 5.41) is 11.2. The highest BCUT2D eigenvalue weighted by Gasteiger charge is 2.52. The zero-order valence-corrected chi connectivity index (χ0v) is 13.1. The molecule has 1 fully saturated rings. The second kappa shape index (κ2) is 4.96. The van der Waals surface area contributed by atoms with Crippen LogP contribution in [0, 0.1) is 17.0 Å². The Kier molecular flexibility index (Phi) is 3.71. The van der Waals surface area contributed by atoms with Gasteiger partial charge in [0.2, 0.25) is 0 Å². The van der Waals surface area contributed by atoms with E-state index in [9.17, 15) is 10.1 Å². The Morgan fingerprint density at radius 2 is 1.81 bits per heavy atom. The third kappa shape index (κ3) is 2.49. The Morgan fingerprint density at radius 1 is 1.29 bits per heavy atom. The molecule has 21 heavy (non-hydrogen) atoms. The lowest BCUT2D eigenvalue weighted by Crippen LogP contribution is -2.41. The number of rotatable bonds is 3. The van der Waals surface area contributed by atoms with Gasteiger partial charge < -0.3 is 14.0 Å². The van der Waals surface area contributed by atoms with E-state index in [1.807, 2.05) is 27.7 Å². The Hall–Kier alpha value is -1.67. The maximum Gasteiger partial charge on any atom is 0.496 e. The largest absolute Gasteiger partial charge is 0.496 e. The van der Waals surface area contributed by atoms with Crippen LogP contribution in [0.1, 0.15) is 33.3 Å². The van der Waals surface area contributed by atoms with Crippen molar-refractivity contribution in [1.29, 1.82) is 0 Å². The molecule has 2 rings (SSSR count). The average molecular weight is 294 g/mol. The van der Waals surface area contributed by atoms with E-state index < -0.39 is 23.2 Å². The second-order valence-corrected chi connectivity index (χ2v) is 6.04. The summed E-state index contributed by atoms with van der Waals surface area (Å²) in [6, 6.07) is 0. The van der Waals surface area contributed by atoms with Gasteiger partial charge in [0, 0.05) is 17.2 Å². The lowest BCUT2D eigenvalue weighted by Gasteiger charge is -2.32. The number of methoxy groups -OCH3 is 1. The Bertz CT molecular complexity index is 572. The molecular formula is C13H19BN2O5. The van der Waals surface area contributed by atoms with Crippen LogP contribution in [0.3, 0.4) is 0 Å². The number of nitro groups is 1. The highest BCUT2D eigenvalue weighted by atomic mass is 16.7. The fraction of sp³-hybridized carbons (Fsp3) is 0.615. The van der Waals surface area contributed by atoms with E-state index in [-0.39, 0.29) is 11.6 Å². The molecular weight excluding hydrogens is 275 g/mol. The molecule has 0 N–H and O–H groups in total. The summed E-state index contributed by atoms with van der Waals surface area (Å²) in [6.07, 6.45) is 1.50. The van der Waals surface area contributed by atoms with Gasteiger partial charge in [0.15, 0.2) is 0 Å². The van der Waals surface area contributed by atoms with Gasteiger partial charge in [-0.15, -0.1) is 0 Å². The van der Waals surface area contributed by atoms with Crippen molar-refractivity contribution in [2.45, 2.75) is 45.8 Å². The van der Waals surface area contributed by atoms with Crippen molar-refractivity contribution in [3.8, 4) is 5.88 Å². The maximum absolute atomic E-state index is 11.2. The summed E-state index contributed by atoms with van der Waals surface area (Å²) in [5.74, 6) is -0.0160. The fourth-order valence-corrected chi connectivity index (χ4v) is 2.16. The first kappa shape index (κ1) is 15.7. The number of pyridine rings is 1. The van der Waals surface area contributed by atoms with Crippen LogP contribution in [0.25, 0.3) is 0 Å². The summed E-state index contributed by atoms with van der Waals surface area (Å²) >= 11 is 0. The molecule has 0 bridgehead atoms. The molecule has 1 aliphatic heterocycles. The summed E-state index contributed by atoms with van der Waals surface area (Å²) in [7, 11) is 0.663. The molecule has 1 aromatic heterocycles. The standard InChI is InChI=1S/C13H19BN2O5/c1-8-9(7-15-11(19-6)10(8)16(17)18)14-20-12(2,3)13(4,5)21-14/h7H,1-6H3. The Balaban J connectivity index is 2.48. The van der Waals surface area contributed by atoms with E-state index in [0.29, 0.717) is 11.0 Å². The molecule has 0 saturated carbocycles. The van der Waals surface area contributed by atoms with Crippen molar-refractivity contribution in [1.82, 2.24) is 4.98 Å². The number of hydrogen-bond acceptors (Lipinski definition) is 6. The van der Waals surface area contributed by atoms with Gasteiger partial charge in [-0.25, -0.2) is 4.98 Å². The topological polar surface area (TPSA) is 83.7 Å². The molecule has 0 aromatic carbocycles. The lowest BCUT2D eigenvalue weighted by molar-refractivity contribution is -0.386. The molecule has 1 aliphatic rings. The molecule has 0 spiro atoms. The van der Waals surface area contributed by atoms with Gasteiger partial charge in [0.25, 0.3) is 5.88 Å². The summed E-state index contributed by atoms with van der Waals surface area (Å²) in [6.45, 7) is 9.34. The Morgan fingerprint density at radius 3 is 2.24 bits per heavy atom. The minimum atomic E-state index is -0.688. The number of ether oxygens (including phenoxy) is 1. The van der Waals surface area contributed by atoms with E-state index in [1.165, 1.54) is 13.3 Å². The van der Waals surface area contributed by atoms with Crippen LogP contribution < -0.4 is 10.2 Å². The van der Waals surface area contributed by atoms with Crippen molar-refractivity contribution in [2.75, 3.05) is 7.11 Å². The van der Waals surface area contributed by atoms with E-state index in [4.69, 9.17) is 14.0 Å². The van der Waals surface area contributed by atoms with Crippen LogP contribution in [0.4, 0.5) is 5.69 Å². The fourth-order valence-electron chi connectivity index (χ4n) is 2.16. The van der Waals surface area contributed by atoms with E-state index >= 15 is 0 Å². The molecule has 0 atom stereocenters. The minimum Gasteiger partial charge on any atom is -0.476 e. The van der Waals surface area contributed by atoms with E-state index in [0.717, 1.165) is 0 Å². The maximum atomic E-state index is 11.2. The van der Waals surface area contributed by atoms with Gasteiger partial charge in [-0.05, 0) is 34.6 Å². The van der Waals surface area contributed by atoms with Crippen LogP contribution in [0.2, 0.25) is 0 Å². The van der Waals surface area contributed by atoms with Crippen molar-refractivity contribution < 1.29 is 19.0 Å². The minimum absolute atomic E-state index is 0.0160. The predicted octanol–water partition coefficient (Wildman–Crippen LogP) is 1.61. The van der Waals surface area contributed by atoms with Crippen LogP contribution in [0.5, 0.6) is 5.88 Å². The normalized spacial score (nSPS) is 19.6. The summed E-state index contributed by atoms with van der Waals surface area (Å²) < 4.78 is 16.8. The van der Waals surface area contributed by atoms with Gasteiger partial charge in [-0.3, -0.25) is 10.1 Å². The third-order valence-electron chi connectivity index (χ3n) is 4.19. The summed E-state index contributed by atoms with van der Waals surface area (Å²) in [4.78, 5) is 14.7. The van der Waals surface area contributed by atoms with Crippen LogP contribution in [-0.2, 0) is 9.31 Å². The monoisotopic (exact) mass is 294 g/mol. The first-order valence-corrected chi connectivity index (χ1v) is 6.64. The predicted molar refractivity (Wildman–Crippen MR) is 77.9 cm³/mol. The van der Waals surface area contributed by atoms with Gasteiger partial charge in [-0.2, -0.15) is 0 Å². The molecule has 1 aromatic rings. The van der Waals surface area contributed by atoms with E-state index in [1.54, 1.807) is 6.92 Å². The SMILES string of the molecule is COc1ncc(B2OC(C)(C)C(C)(C)O2)c(C)c1[N+](=O)[O-]. The summed E-state index contributed by atoms with van der Waals surface area (Å²) in [5.41, 5.74) is -0.214. The molecule has 0 aliphatic carbocycles. The number of aromatic nitrogens is 1. The molecule has 0 radical (unpaired) electrons. The highest BCUT2D eigenvalue weighted by Crippen LogP contribution is 2.37. The highest BCUT2D eigenvalue weighted by molar-refractivity contribution is 6.62. The number of nitrogens with zero attached hydrogens (tertiary/aromatic N) is 2. The van der Waals surface area contributed by atoms with Gasteiger partial charge in [0.1, 0.15) is 0 Å². The van der Waals surface area contributed by atoms with Gasteiger partial charge in [0.05, 0.1) is 23.2 Å². The average Bonchev–Trinajstić information content (AvgIpc) is 2.57. The molecule has 8 heteroatoms. The molecule has 7 nitrogen and oxygen atoms in total. The molecule has 1 saturated heterocycles. The second-order valence-electron chi connectivity index (χ2n) is 6.04. The molecule has 114 valence electrons. The molecule has 0 unspecified atom stereocenters. The first-order chi connectivity index (χ1) is 9.60. The number of hydrogen-bond donors (Lipinski definition) is 0. The third-order valence-corrected chi connectivity index (χ3v) is 4.19. The van der Waals surface area contributed by atoms with Crippen LogP contribution in [0.15, 0.2) is 6.20 Å². The zero-order valence-electron chi connectivity index (χ0n) is 13.1. The van der Waals surface area contributed by atoms with Crippen molar-refractivity contribution in [2.24, 2.45) is 0 Å². The van der Waals surface area contributed by atoms with Crippen LogP contribution in [-0.4, -0.2) is 35.3 Å². The quantitative estimate of drug-likeness (QED) is 0.478.